The third-order valence-electron chi connectivity index (χ3n) is 2.56. The van der Waals surface area contributed by atoms with Crippen LogP contribution in [0.5, 0.6) is 0 Å². The number of hydrogen-bond donors (Lipinski definition) is 1. The molecule has 3 heterocycles. The Hall–Kier alpha value is -1.18. The van der Waals surface area contributed by atoms with Crippen LogP contribution in [-0.2, 0) is 0 Å². The van der Waals surface area contributed by atoms with Crippen molar-refractivity contribution in [2.45, 2.75) is 0 Å². The van der Waals surface area contributed by atoms with E-state index in [-0.39, 0.29) is 0 Å². The first-order valence-electron chi connectivity index (χ1n) is 5.27. The van der Waals surface area contributed by atoms with Gasteiger partial charge in [-0.3, -0.25) is 4.98 Å². The molecule has 0 atom stereocenters. The van der Waals surface area contributed by atoms with Crippen LogP contribution in [0.2, 0.25) is 0 Å². The summed E-state index contributed by atoms with van der Waals surface area (Å²) in [4.78, 5) is 4.95. The zero-order valence-corrected chi connectivity index (χ0v) is 13.4. The van der Waals surface area contributed by atoms with Gasteiger partial charge in [-0.05, 0) is 55.6 Å². The molecule has 96 valence electrons. The minimum atomic E-state index is 0.377. The molecule has 0 aliphatic heterocycles. The Kier molecular flexibility index (Phi) is 3.42. The lowest BCUT2D eigenvalue weighted by Crippen LogP contribution is -1.88. The molecule has 0 spiro atoms. The Morgan fingerprint density at radius 1 is 1.21 bits per heavy atom. The van der Waals surface area contributed by atoms with Crippen molar-refractivity contribution >= 4 is 49.0 Å². The molecule has 4 nitrogen and oxygen atoms in total. The predicted octanol–water partition coefficient (Wildman–Crippen LogP) is 4.57. The van der Waals surface area contributed by atoms with E-state index in [4.69, 9.17) is 10.3 Å². The maximum Gasteiger partial charge on any atom is 0.186 e. The molecule has 0 saturated carbocycles. The van der Waals surface area contributed by atoms with Gasteiger partial charge in [0, 0.05) is 16.9 Å². The van der Waals surface area contributed by atoms with Crippen molar-refractivity contribution in [1.82, 2.24) is 10.1 Å². The number of pyridine rings is 1. The number of nitrogens with zero attached hydrogens (tertiary/aromatic N) is 2. The number of nitrogens with two attached hydrogens (primary N) is 1. The Bertz CT molecular complexity index is 704. The third-order valence-corrected chi connectivity index (χ3v) is 5.81. The second kappa shape index (κ2) is 5.07. The van der Waals surface area contributed by atoms with E-state index in [9.17, 15) is 0 Å². The first-order valence-corrected chi connectivity index (χ1v) is 7.68. The fourth-order valence-electron chi connectivity index (χ4n) is 1.73. The minimum Gasteiger partial charge on any atom is -0.380 e. The summed E-state index contributed by atoms with van der Waals surface area (Å²) in [6.45, 7) is 0. The fourth-order valence-corrected chi connectivity index (χ4v) is 3.75. The highest BCUT2D eigenvalue weighted by molar-refractivity contribution is 9.13. The van der Waals surface area contributed by atoms with Crippen LogP contribution in [0.15, 0.2) is 43.4 Å². The number of nitrogen functional groups attached to an aromatic ring is 1. The summed E-state index contributed by atoms with van der Waals surface area (Å²) in [5, 5.41) is 3.87. The summed E-state index contributed by atoms with van der Waals surface area (Å²) in [6, 6.07) is 5.73. The molecular weight excluding hydrogens is 394 g/mol. The van der Waals surface area contributed by atoms with Gasteiger partial charge in [-0.15, -0.1) is 11.3 Å². The van der Waals surface area contributed by atoms with Gasteiger partial charge < -0.3 is 10.3 Å². The Balaban J connectivity index is 2.19. The average molecular weight is 401 g/mol. The summed E-state index contributed by atoms with van der Waals surface area (Å²) < 4.78 is 7.35. The lowest BCUT2D eigenvalue weighted by atomic mass is 10.1. The van der Waals surface area contributed by atoms with Gasteiger partial charge in [0.1, 0.15) is 0 Å². The zero-order chi connectivity index (χ0) is 13.4. The van der Waals surface area contributed by atoms with Crippen LogP contribution in [0.1, 0.15) is 0 Å². The van der Waals surface area contributed by atoms with Crippen molar-refractivity contribution in [1.29, 1.82) is 0 Å². The average Bonchev–Trinajstić information content (AvgIpc) is 2.95. The van der Waals surface area contributed by atoms with Gasteiger partial charge in [-0.1, -0.05) is 5.16 Å². The first kappa shape index (κ1) is 12.8. The van der Waals surface area contributed by atoms with Crippen LogP contribution in [-0.4, -0.2) is 10.1 Å². The van der Waals surface area contributed by atoms with Crippen LogP contribution < -0.4 is 5.73 Å². The molecule has 7 heteroatoms. The maximum absolute atomic E-state index is 5.91. The van der Waals surface area contributed by atoms with E-state index < -0.39 is 0 Å². The van der Waals surface area contributed by atoms with Gasteiger partial charge in [0.25, 0.3) is 0 Å². The summed E-state index contributed by atoms with van der Waals surface area (Å²) in [5.74, 6) is 1.04. The van der Waals surface area contributed by atoms with Gasteiger partial charge in [-0.2, -0.15) is 0 Å². The molecule has 0 saturated heterocycles. The highest BCUT2D eigenvalue weighted by atomic mass is 79.9. The molecule has 0 unspecified atom stereocenters. The zero-order valence-electron chi connectivity index (χ0n) is 9.43. The van der Waals surface area contributed by atoms with Crippen molar-refractivity contribution in [3.8, 4) is 21.8 Å². The van der Waals surface area contributed by atoms with Gasteiger partial charge in [0.05, 0.1) is 14.2 Å². The van der Waals surface area contributed by atoms with Crippen LogP contribution in [0.4, 0.5) is 5.82 Å². The van der Waals surface area contributed by atoms with Crippen molar-refractivity contribution in [3.05, 3.63) is 38.9 Å². The Labute approximate surface area is 129 Å². The number of thiophene rings is 1. The summed E-state index contributed by atoms with van der Waals surface area (Å²) in [7, 11) is 0. The predicted molar refractivity (Wildman–Crippen MR) is 82.9 cm³/mol. The number of hydrogen-bond acceptors (Lipinski definition) is 5. The van der Waals surface area contributed by atoms with E-state index in [1.165, 1.54) is 0 Å². The van der Waals surface area contributed by atoms with Crippen LogP contribution >= 0.6 is 43.2 Å². The van der Waals surface area contributed by atoms with E-state index in [1.807, 2.05) is 18.2 Å². The van der Waals surface area contributed by atoms with Gasteiger partial charge in [0.15, 0.2) is 11.6 Å². The van der Waals surface area contributed by atoms with Crippen LogP contribution in [0, 0.1) is 0 Å². The first-order chi connectivity index (χ1) is 9.16. The van der Waals surface area contributed by atoms with E-state index in [0.717, 1.165) is 24.3 Å². The summed E-state index contributed by atoms with van der Waals surface area (Å²) >= 11 is 8.48. The molecule has 2 N–H and O–H groups in total. The molecule has 0 fully saturated rings. The number of aromatic nitrogens is 2. The lowest BCUT2D eigenvalue weighted by molar-refractivity contribution is 0.437. The van der Waals surface area contributed by atoms with Gasteiger partial charge >= 0.3 is 0 Å². The monoisotopic (exact) mass is 399 g/mol. The molecule has 3 aromatic rings. The Morgan fingerprint density at radius 2 is 1.95 bits per heavy atom. The molecule has 0 bridgehead atoms. The summed E-state index contributed by atoms with van der Waals surface area (Å²) in [5.41, 5.74) is 7.64. The largest absolute Gasteiger partial charge is 0.380 e. The van der Waals surface area contributed by atoms with Crippen molar-refractivity contribution in [3.63, 3.8) is 0 Å². The molecule has 0 aliphatic rings. The minimum absolute atomic E-state index is 0.377. The molecule has 3 rings (SSSR count). The van der Waals surface area contributed by atoms with Crippen LogP contribution in [0.25, 0.3) is 21.8 Å². The molecular formula is C12H7Br2N3OS. The third kappa shape index (κ3) is 2.33. The summed E-state index contributed by atoms with van der Waals surface area (Å²) in [6.07, 6.45) is 3.43. The van der Waals surface area contributed by atoms with Crippen molar-refractivity contribution in [2.75, 3.05) is 5.73 Å². The maximum atomic E-state index is 5.91. The van der Waals surface area contributed by atoms with Crippen molar-refractivity contribution in [2.24, 2.45) is 0 Å². The van der Waals surface area contributed by atoms with Crippen LogP contribution in [0.3, 0.4) is 0 Å². The quantitative estimate of drug-likeness (QED) is 0.684. The van der Waals surface area contributed by atoms with Gasteiger partial charge in [0.2, 0.25) is 0 Å². The second-order valence-corrected chi connectivity index (χ2v) is 6.96. The highest BCUT2D eigenvalue weighted by Crippen LogP contribution is 2.43. The van der Waals surface area contributed by atoms with E-state index in [2.05, 4.69) is 42.0 Å². The van der Waals surface area contributed by atoms with Gasteiger partial charge in [-0.25, -0.2) is 0 Å². The molecule has 19 heavy (non-hydrogen) atoms. The topological polar surface area (TPSA) is 64.9 Å². The molecule has 0 aromatic carbocycles. The molecule has 0 radical (unpaired) electrons. The molecule has 3 aromatic heterocycles. The molecule has 0 amide bonds. The fraction of sp³-hybridized carbons (Fsp3) is 0. The normalized spacial score (nSPS) is 10.8. The SMILES string of the molecule is Nc1noc(-c2cc(Br)c(Br)s2)c1-c1ccncc1. The standard InChI is InChI=1S/C12H7Br2N3OS/c13-7-5-8(19-11(7)14)10-9(12(15)17-18-10)6-1-3-16-4-2-6/h1-5H,(H2,15,17). The smallest absolute Gasteiger partial charge is 0.186 e. The molecule has 0 aliphatic carbocycles. The highest BCUT2D eigenvalue weighted by Gasteiger charge is 2.20. The number of halogens is 2. The lowest BCUT2D eigenvalue weighted by Gasteiger charge is -1.99. The Morgan fingerprint density at radius 3 is 2.58 bits per heavy atom. The number of anilines is 1. The van der Waals surface area contributed by atoms with Crippen molar-refractivity contribution < 1.29 is 4.52 Å². The van der Waals surface area contributed by atoms with E-state index >= 15 is 0 Å². The number of rotatable bonds is 2. The van der Waals surface area contributed by atoms with E-state index in [0.29, 0.717) is 11.6 Å². The second-order valence-electron chi connectivity index (χ2n) is 3.74. The van der Waals surface area contributed by atoms with E-state index in [1.54, 1.807) is 23.7 Å².